The van der Waals surface area contributed by atoms with Crippen molar-refractivity contribution in [2.45, 2.75) is 11.9 Å². The molecule has 0 fully saturated rings. The number of nitrogens with zero attached hydrogens (tertiary/aromatic N) is 1. The molecule has 100 valence electrons. The summed E-state index contributed by atoms with van der Waals surface area (Å²) in [5.41, 5.74) is -0.135. The molecule has 2 N–H and O–H groups in total. The number of aromatic nitrogens is 2. The van der Waals surface area contributed by atoms with Crippen LogP contribution in [0.2, 0.25) is 0 Å². The van der Waals surface area contributed by atoms with Crippen molar-refractivity contribution in [1.82, 2.24) is 14.9 Å². The summed E-state index contributed by atoms with van der Waals surface area (Å²) in [6, 6.07) is 0. The Labute approximate surface area is 113 Å². The quantitative estimate of drug-likeness (QED) is 0.746. The molecule has 0 amide bonds. The number of sulfonamides is 1. The minimum absolute atomic E-state index is 0.00359. The predicted molar refractivity (Wildman–Crippen MR) is 67.8 cm³/mol. The van der Waals surface area contributed by atoms with Gasteiger partial charge in [0, 0.05) is 11.0 Å². The maximum Gasteiger partial charge on any atom is 0.342 e. The molecule has 18 heavy (non-hydrogen) atoms. The fraction of sp³-hybridized carbons (Fsp3) is 0.333. The Hall–Kier alpha value is -1.19. The molecule has 0 aromatic carbocycles. The number of esters is 1. The molecule has 9 heteroatoms. The summed E-state index contributed by atoms with van der Waals surface area (Å²) in [5.74, 6) is -0.746. The lowest BCUT2D eigenvalue weighted by atomic mass is 10.4. The zero-order valence-electron chi connectivity index (χ0n) is 9.57. The average Bonchev–Trinajstić information content (AvgIpc) is 2.76. The van der Waals surface area contributed by atoms with E-state index >= 15 is 0 Å². The number of carbonyl (C=O) groups is 1. The van der Waals surface area contributed by atoms with Crippen LogP contribution in [0, 0.1) is 0 Å². The molecule has 0 aliphatic carbocycles. The molecular weight excluding hydrogens is 326 g/mol. The number of aromatic amines is 1. The van der Waals surface area contributed by atoms with Crippen LogP contribution in [-0.2, 0) is 14.8 Å². The van der Waals surface area contributed by atoms with Crippen LogP contribution in [0.25, 0.3) is 0 Å². The first-order valence-electron chi connectivity index (χ1n) is 4.92. The highest BCUT2D eigenvalue weighted by molar-refractivity contribution is 9.11. The van der Waals surface area contributed by atoms with Crippen molar-refractivity contribution in [1.29, 1.82) is 0 Å². The van der Waals surface area contributed by atoms with Crippen molar-refractivity contribution in [2.75, 3.05) is 13.2 Å². The maximum absolute atomic E-state index is 11.9. The van der Waals surface area contributed by atoms with Crippen LogP contribution in [0.1, 0.15) is 17.3 Å². The van der Waals surface area contributed by atoms with Crippen molar-refractivity contribution in [3.63, 3.8) is 0 Å². The predicted octanol–water partition coefficient (Wildman–Crippen LogP) is 0.773. The summed E-state index contributed by atoms with van der Waals surface area (Å²) in [6.07, 6.45) is 1.11. The van der Waals surface area contributed by atoms with E-state index in [0.29, 0.717) is 4.48 Å². The van der Waals surface area contributed by atoms with Crippen molar-refractivity contribution in [2.24, 2.45) is 0 Å². The zero-order chi connectivity index (χ0) is 13.8. The first kappa shape index (κ1) is 14.9. The fourth-order valence-electron chi connectivity index (χ4n) is 1.08. The molecule has 0 radical (unpaired) electrons. The molecule has 1 heterocycles. The number of carbonyl (C=O) groups excluding carboxylic acids is 1. The number of nitrogens with one attached hydrogen (secondary N) is 2. The minimum atomic E-state index is -3.87. The van der Waals surface area contributed by atoms with E-state index in [1.165, 1.54) is 0 Å². The Kier molecular flexibility index (Phi) is 5.05. The summed E-state index contributed by atoms with van der Waals surface area (Å²) in [6.45, 7) is 5.27. The molecular formula is C9H12BrN3O4S. The molecule has 0 unspecified atom stereocenters. The Bertz CT molecular complexity index is 552. The Morgan fingerprint density at radius 3 is 2.89 bits per heavy atom. The Balaban J connectivity index is 2.99. The van der Waals surface area contributed by atoms with Crippen LogP contribution in [0.3, 0.4) is 0 Å². The number of H-pyrrole nitrogens is 1. The summed E-state index contributed by atoms with van der Waals surface area (Å²) < 4.78 is 31.2. The van der Waals surface area contributed by atoms with Gasteiger partial charge in [-0.25, -0.2) is 17.9 Å². The van der Waals surface area contributed by atoms with Crippen LogP contribution in [-0.4, -0.2) is 37.7 Å². The van der Waals surface area contributed by atoms with Gasteiger partial charge >= 0.3 is 5.97 Å². The van der Waals surface area contributed by atoms with Gasteiger partial charge in [0.05, 0.1) is 12.8 Å². The van der Waals surface area contributed by atoms with E-state index in [-0.39, 0.29) is 23.7 Å². The smallest absolute Gasteiger partial charge is 0.342 e. The molecule has 0 saturated carbocycles. The van der Waals surface area contributed by atoms with Gasteiger partial charge in [0.25, 0.3) is 10.0 Å². The lowest BCUT2D eigenvalue weighted by Gasteiger charge is -2.05. The SMILES string of the molecule is C=C(Br)CNS(=O)(=O)c1[nH]ncc1C(=O)OCC. The number of hydrogen-bond donors (Lipinski definition) is 2. The molecule has 0 aliphatic rings. The average molecular weight is 338 g/mol. The van der Waals surface area contributed by atoms with E-state index in [9.17, 15) is 13.2 Å². The van der Waals surface area contributed by atoms with Gasteiger partial charge in [0.1, 0.15) is 5.56 Å². The molecule has 1 aromatic rings. The van der Waals surface area contributed by atoms with Crippen LogP contribution >= 0.6 is 15.9 Å². The molecule has 0 bridgehead atoms. The van der Waals surface area contributed by atoms with Gasteiger partial charge in [-0.3, -0.25) is 5.10 Å². The van der Waals surface area contributed by atoms with Crippen molar-refractivity contribution < 1.29 is 17.9 Å². The second-order valence-electron chi connectivity index (χ2n) is 3.18. The first-order valence-corrected chi connectivity index (χ1v) is 7.19. The number of ether oxygens (including phenoxy) is 1. The zero-order valence-corrected chi connectivity index (χ0v) is 12.0. The first-order chi connectivity index (χ1) is 8.38. The molecule has 1 rings (SSSR count). The lowest BCUT2D eigenvalue weighted by molar-refractivity contribution is 0.0522. The van der Waals surface area contributed by atoms with Gasteiger partial charge in [-0.2, -0.15) is 5.10 Å². The fourth-order valence-corrected chi connectivity index (χ4v) is 2.51. The lowest BCUT2D eigenvalue weighted by Crippen LogP contribution is -2.26. The summed E-state index contributed by atoms with van der Waals surface area (Å²) in [5, 5.41) is 5.48. The van der Waals surface area contributed by atoms with Gasteiger partial charge in [-0.15, -0.1) is 0 Å². The monoisotopic (exact) mass is 337 g/mol. The molecule has 0 aliphatic heterocycles. The van der Waals surface area contributed by atoms with Crippen LogP contribution in [0.5, 0.6) is 0 Å². The third kappa shape index (κ3) is 3.65. The van der Waals surface area contributed by atoms with Crippen molar-refractivity contribution >= 4 is 31.9 Å². The van der Waals surface area contributed by atoms with Gasteiger partial charge in [-0.05, 0) is 6.92 Å². The van der Waals surface area contributed by atoms with E-state index in [0.717, 1.165) is 6.20 Å². The molecule has 0 atom stereocenters. The second-order valence-corrected chi connectivity index (χ2v) is 6.00. The van der Waals surface area contributed by atoms with Crippen LogP contribution in [0.4, 0.5) is 0 Å². The Morgan fingerprint density at radius 2 is 2.33 bits per heavy atom. The van der Waals surface area contributed by atoms with Gasteiger partial charge in [0.15, 0.2) is 5.03 Å². The third-order valence-corrected chi connectivity index (χ3v) is 3.48. The van der Waals surface area contributed by atoms with Crippen molar-refractivity contribution in [3.05, 3.63) is 22.8 Å². The largest absolute Gasteiger partial charge is 0.462 e. The maximum atomic E-state index is 11.9. The third-order valence-electron chi connectivity index (χ3n) is 1.82. The van der Waals surface area contributed by atoms with Crippen LogP contribution in [0.15, 0.2) is 22.3 Å². The summed E-state index contributed by atoms with van der Waals surface area (Å²) >= 11 is 3.02. The van der Waals surface area contributed by atoms with E-state index in [2.05, 4.69) is 37.4 Å². The summed E-state index contributed by atoms with van der Waals surface area (Å²) in [7, 11) is -3.87. The van der Waals surface area contributed by atoms with E-state index in [4.69, 9.17) is 4.74 Å². The van der Waals surface area contributed by atoms with Gasteiger partial charge in [-0.1, -0.05) is 22.5 Å². The molecule has 1 aromatic heterocycles. The van der Waals surface area contributed by atoms with Gasteiger partial charge < -0.3 is 4.74 Å². The Morgan fingerprint density at radius 1 is 1.67 bits per heavy atom. The number of hydrogen-bond acceptors (Lipinski definition) is 5. The minimum Gasteiger partial charge on any atom is -0.462 e. The number of halogens is 1. The van der Waals surface area contributed by atoms with E-state index in [1.54, 1.807) is 6.92 Å². The molecule has 7 nitrogen and oxygen atoms in total. The van der Waals surface area contributed by atoms with Gasteiger partial charge in [0.2, 0.25) is 0 Å². The molecule has 0 spiro atoms. The normalized spacial score (nSPS) is 11.2. The highest BCUT2D eigenvalue weighted by Crippen LogP contribution is 2.13. The van der Waals surface area contributed by atoms with E-state index in [1.807, 2.05) is 0 Å². The van der Waals surface area contributed by atoms with Crippen LogP contribution < -0.4 is 4.72 Å². The topological polar surface area (TPSA) is 101 Å². The van der Waals surface area contributed by atoms with E-state index < -0.39 is 16.0 Å². The summed E-state index contributed by atoms with van der Waals surface area (Å²) in [4.78, 5) is 11.5. The highest BCUT2D eigenvalue weighted by atomic mass is 79.9. The highest BCUT2D eigenvalue weighted by Gasteiger charge is 2.25. The number of rotatable bonds is 6. The molecule has 0 saturated heterocycles. The van der Waals surface area contributed by atoms with Crippen molar-refractivity contribution in [3.8, 4) is 0 Å². The standard InChI is InChI=1S/C9H12BrN3O4S/c1-3-17-9(14)7-5-11-13-8(7)18(15,16)12-4-6(2)10/h5,12H,2-4H2,1H3,(H,11,13). The second kappa shape index (κ2) is 6.12.